The summed E-state index contributed by atoms with van der Waals surface area (Å²) in [7, 11) is 0. The summed E-state index contributed by atoms with van der Waals surface area (Å²) in [6.07, 6.45) is 5.11. The van der Waals surface area contributed by atoms with Crippen LogP contribution in [0, 0.1) is 18.8 Å². The van der Waals surface area contributed by atoms with Gasteiger partial charge < -0.3 is 5.11 Å². The third-order valence-corrected chi connectivity index (χ3v) is 4.00. The third kappa shape index (κ3) is 2.74. The zero-order valence-corrected chi connectivity index (χ0v) is 11.2. The Morgan fingerprint density at radius 2 is 2.22 bits per heavy atom. The minimum Gasteiger partial charge on any atom is -0.481 e. The fraction of sp³-hybridized carbons (Fsp3) is 0.714. The third-order valence-electron chi connectivity index (χ3n) is 4.00. The minimum absolute atomic E-state index is 0.242. The topological polar surface area (TPSA) is 55.1 Å². The van der Waals surface area contributed by atoms with Crippen molar-refractivity contribution in [3.05, 3.63) is 17.5 Å². The first kappa shape index (κ1) is 13.1. The summed E-state index contributed by atoms with van der Waals surface area (Å²) in [6, 6.07) is 2.02. The number of aryl methyl sites for hydroxylation is 2. The highest BCUT2D eigenvalue weighted by molar-refractivity contribution is 5.70. The molecule has 1 N–H and O–H groups in total. The van der Waals surface area contributed by atoms with Crippen LogP contribution in [-0.4, -0.2) is 20.9 Å². The molecule has 1 heterocycles. The van der Waals surface area contributed by atoms with Crippen LogP contribution >= 0.6 is 0 Å². The number of carboxylic acids is 1. The molecule has 0 radical (unpaired) electrons. The summed E-state index contributed by atoms with van der Waals surface area (Å²) in [4.78, 5) is 11.5. The van der Waals surface area contributed by atoms with E-state index in [0.717, 1.165) is 30.8 Å². The van der Waals surface area contributed by atoms with Crippen LogP contribution in [0.1, 0.15) is 44.0 Å². The van der Waals surface area contributed by atoms with Gasteiger partial charge in [-0.15, -0.1) is 0 Å². The molecule has 4 heteroatoms. The monoisotopic (exact) mass is 250 g/mol. The second-order valence-corrected chi connectivity index (χ2v) is 5.29. The first-order valence-electron chi connectivity index (χ1n) is 6.88. The molecule has 2 rings (SSSR count). The zero-order chi connectivity index (χ0) is 13.1. The summed E-state index contributed by atoms with van der Waals surface area (Å²) >= 11 is 0. The van der Waals surface area contributed by atoms with E-state index in [1.54, 1.807) is 0 Å². The molecule has 18 heavy (non-hydrogen) atoms. The van der Waals surface area contributed by atoms with Gasteiger partial charge in [0.05, 0.1) is 11.6 Å². The summed E-state index contributed by atoms with van der Waals surface area (Å²) in [5, 5.41) is 13.8. The summed E-state index contributed by atoms with van der Waals surface area (Å²) in [5.74, 6) is -0.541. The van der Waals surface area contributed by atoms with Gasteiger partial charge in [0.15, 0.2) is 0 Å². The van der Waals surface area contributed by atoms with Crippen molar-refractivity contribution in [3.8, 4) is 0 Å². The second kappa shape index (κ2) is 5.55. The van der Waals surface area contributed by atoms with Crippen LogP contribution in [0.5, 0.6) is 0 Å². The Morgan fingerprint density at radius 3 is 2.78 bits per heavy atom. The lowest BCUT2D eigenvalue weighted by molar-refractivity contribution is -0.143. The number of carbonyl (C=O) groups is 1. The van der Waals surface area contributed by atoms with Gasteiger partial charge >= 0.3 is 5.97 Å². The van der Waals surface area contributed by atoms with Gasteiger partial charge in [-0.3, -0.25) is 9.48 Å². The molecule has 0 aliphatic heterocycles. The summed E-state index contributed by atoms with van der Waals surface area (Å²) < 4.78 is 1.93. The maximum absolute atomic E-state index is 11.5. The molecular weight excluding hydrogens is 228 g/mol. The Hall–Kier alpha value is -1.32. The smallest absolute Gasteiger partial charge is 0.307 e. The molecule has 1 aliphatic carbocycles. The summed E-state index contributed by atoms with van der Waals surface area (Å²) in [6.45, 7) is 4.81. The van der Waals surface area contributed by atoms with Gasteiger partial charge in [0.1, 0.15) is 0 Å². The maximum atomic E-state index is 11.5. The molecule has 1 fully saturated rings. The highest BCUT2D eigenvalue weighted by atomic mass is 16.4. The van der Waals surface area contributed by atoms with E-state index >= 15 is 0 Å². The van der Waals surface area contributed by atoms with Crippen LogP contribution in [0.2, 0.25) is 0 Å². The van der Waals surface area contributed by atoms with Gasteiger partial charge in [-0.05, 0) is 38.7 Å². The molecule has 1 atom stereocenters. The van der Waals surface area contributed by atoms with Crippen molar-refractivity contribution in [1.82, 2.24) is 9.78 Å². The van der Waals surface area contributed by atoms with Crippen LogP contribution in [0.25, 0.3) is 0 Å². The van der Waals surface area contributed by atoms with Crippen LogP contribution in [0.4, 0.5) is 0 Å². The normalized spacial score (nSPS) is 18.1. The van der Waals surface area contributed by atoms with Gasteiger partial charge in [0.2, 0.25) is 0 Å². The van der Waals surface area contributed by atoms with E-state index in [2.05, 4.69) is 5.10 Å². The standard InChI is InChI=1S/C14H22N2O2/c1-3-16-12(8-10(2)15-16)9-13(14(17)18)11-6-4-5-7-11/h8,11,13H,3-7,9H2,1-2H3,(H,17,18). The Kier molecular flexibility index (Phi) is 4.04. The van der Waals surface area contributed by atoms with E-state index in [1.165, 1.54) is 12.8 Å². The van der Waals surface area contributed by atoms with E-state index in [0.29, 0.717) is 12.3 Å². The summed E-state index contributed by atoms with van der Waals surface area (Å²) in [5.41, 5.74) is 2.04. The Bertz CT molecular complexity index is 419. The Morgan fingerprint density at radius 1 is 1.56 bits per heavy atom. The zero-order valence-electron chi connectivity index (χ0n) is 11.2. The minimum atomic E-state index is -0.650. The van der Waals surface area contributed by atoms with Crippen molar-refractivity contribution in [2.24, 2.45) is 11.8 Å². The van der Waals surface area contributed by atoms with Crippen molar-refractivity contribution < 1.29 is 9.90 Å². The van der Waals surface area contributed by atoms with Crippen molar-refractivity contribution in [1.29, 1.82) is 0 Å². The van der Waals surface area contributed by atoms with E-state index in [4.69, 9.17) is 0 Å². The van der Waals surface area contributed by atoms with Gasteiger partial charge in [-0.1, -0.05) is 12.8 Å². The molecule has 1 aromatic heterocycles. The van der Waals surface area contributed by atoms with Crippen LogP contribution in [0.15, 0.2) is 6.07 Å². The van der Waals surface area contributed by atoms with Gasteiger partial charge in [-0.2, -0.15) is 5.10 Å². The fourth-order valence-electron chi connectivity index (χ4n) is 3.08. The molecule has 1 aliphatic rings. The molecule has 0 spiro atoms. The number of aromatic nitrogens is 2. The average molecular weight is 250 g/mol. The van der Waals surface area contributed by atoms with Crippen molar-refractivity contribution in [2.75, 3.05) is 0 Å². The molecule has 1 aromatic rings. The van der Waals surface area contributed by atoms with Crippen molar-refractivity contribution in [2.45, 2.75) is 52.5 Å². The molecule has 1 saturated carbocycles. The molecule has 0 bridgehead atoms. The SMILES string of the molecule is CCn1nc(C)cc1CC(C(=O)O)C1CCCC1. The predicted molar refractivity (Wildman–Crippen MR) is 69.4 cm³/mol. The van der Waals surface area contributed by atoms with Gasteiger partial charge in [0, 0.05) is 18.7 Å². The van der Waals surface area contributed by atoms with Crippen molar-refractivity contribution >= 4 is 5.97 Å². The molecular formula is C14H22N2O2. The van der Waals surface area contributed by atoms with Crippen LogP contribution < -0.4 is 0 Å². The molecule has 4 nitrogen and oxygen atoms in total. The van der Waals surface area contributed by atoms with E-state index < -0.39 is 5.97 Å². The maximum Gasteiger partial charge on any atom is 0.307 e. The first-order valence-corrected chi connectivity index (χ1v) is 6.88. The second-order valence-electron chi connectivity index (χ2n) is 5.29. The van der Waals surface area contributed by atoms with E-state index in [9.17, 15) is 9.90 Å². The molecule has 1 unspecified atom stereocenters. The Balaban J connectivity index is 2.14. The van der Waals surface area contributed by atoms with E-state index in [-0.39, 0.29) is 5.92 Å². The number of carboxylic acid groups (broad SMARTS) is 1. The number of aliphatic carboxylic acids is 1. The highest BCUT2D eigenvalue weighted by Gasteiger charge is 2.31. The van der Waals surface area contributed by atoms with Crippen LogP contribution in [0.3, 0.4) is 0 Å². The lowest BCUT2D eigenvalue weighted by Crippen LogP contribution is -2.25. The number of nitrogens with zero attached hydrogens (tertiary/aromatic N) is 2. The molecule has 0 amide bonds. The first-order chi connectivity index (χ1) is 8.61. The highest BCUT2D eigenvalue weighted by Crippen LogP contribution is 2.33. The molecule has 0 saturated heterocycles. The molecule has 0 aromatic carbocycles. The number of rotatable bonds is 5. The van der Waals surface area contributed by atoms with Crippen molar-refractivity contribution in [3.63, 3.8) is 0 Å². The van der Waals surface area contributed by atoms with Gasteiger partial charge in [-0.25, -0.2) is 0 Å². The fourth-order valence-corrected chi connectivity index (χ4v) is 3.08. The average Bonchev–Trinajstić information content (AvgIpc) is 2.94. The lowest BCUT2D eigenvalue weighted by Gasteiger charge is -2.19. The number of hydrogen-bond acceptors (Lipinski definition) is 2. The number of hydrogen-bond donors (Lipinski definition) is 1. The molecule has 100 valence electrons. The largest absolute Gasteiger partial charge is 0.481 e. The van der Waals surface area contributed by atoms with E-state index in [1.807, 2.05) is 24.6 Å². The van der Waals surface area contributed by atoms with Crippen LogP contribution in [-0.2, 0) is 17.8 Å². The quantitative estimate of drug-likeness (QED) is 0.874. The Labute approximate surface area is 108 Å². The van der Waals surface area contributed by atoms with Gasteiger partial charge in [0.25, 0.3) is 0 Å². The lowest BCUT2D eigenvalue weighted by atomic mass is 9.87. The predicted octanol–water partition coefficient (Wildman–Crippen LogP) is 2.64.